The molecule has 0 fully saturated rings. The van der Waals surface area contributed by atoms with Gasteiger partial charge in [-0.1, -0.05) is 30.3 Å². The van der Waals surface area contributed by atoms with Crippen LogP contribution >= 0.6 is 11.3 Å². The van der Waals surface area contributed by atoms with Crippen molar-refractivity contribution >= 4 is 23.0 Å². The van der Waals surface area contributed by atoms with E-state index in [-0.39, 0.29) is 31.1 Å². The minimum atomic E-state index is -0.100. The number of ketones is 1. The van der Waals surface area contributed by atoms with E-state index in [1.165, 1.54) is 11.3 Å². The van der Waals surface area contributed by atoms with Crippen LogP contribution in [0, 0.1) is 0 Å². The number of benzene rings is 1. The summed E-state index contributed by atoms with van der Waals surface area (Å²) in [5.41, 5.74) is 1.98. The summed E-state index contributed by atoms with van der Waals surface area (Å²) < 4.78 is 0. The molecule has 0 atom stereocenters. The molecule has 0 saturated heterocycles. The molecule has 0 radical (unpaired) electrons. The predicted molar refractivity (Wildman–Crippen MR) is 87.0 cm³/mol. The third-order valence-electron chi connectivity index (χ3n) is 3.32. The van der Waals surface area contributed by atoms with Crippen LogP contribution in [0.25, 0.3) is 0 Å². The molecule has 0 unspecified atom stereocenters. The van der Waals surface area contributed by atoms with Gasteiger partial charge in [-0.25, -0.2) is 0 Å². The van der Waals surface area contributed by atoms with Gasteiger partial charge >= 0.3 is 0 Å². The van der Waals surface area contributed by atoms with Gasteiger partial charge in [0.2, 0.25) is 5.91 Å². The number of carbonyl (C=O) groups is 2. The smallest absolute Gasteiger partial charge is 0.220 e. The van der Waals surface area contributed by atoms with E-state index < -0.39 is 0 Å². The molecule has 0 spiro atoms. The minimum absolute atomic E-state index is 0.0183. The summed E-state index contributed by atoms with van der Waals surface area (Å²) in [5, 5.41) is 13.6. The summed E-state index contributed by atoms with van der Waals surface area (Å²) in [6, 6.07) is 11.2. The number of aliphatic hydroxyl groups is 1. The van der Waals surface area contributed by atoms with E-state index >= 15 is 0 Å². The third kappa shape index (κ3) is 5.09. The van der Waals surface area contributed by atoms with Crippen molar-refractivity contribution in [3.05, 3.63) is 57.8 Å². The Morgan fingerprint density at radius 3 is 2.41 bits per heavy atom. The third-order valence-corrected chi connectivity index (χ3v) is 4.23. The van der Waals surface area contributed by atoms with Gasteiger partial charge in [0.05, 0.1) is 11.5 Å². The van der Waals surface area contributed by atoms with E-state index in [1.54, 1.807) is 6.07 Å². The Morgan fingerprint density at radius 1 is 1.05 bits per heavy atom. The van der Waals surface area contributed by atoms with Crippen molar-refractivity contribution < 1.29 is 14.7 Å². The highest BCUT2D eigenvalue weighted by atomic mass is 32.1. The predicted octanol–water partition coefficient (Wildman–Crippen LogP) is 2.56. The van der Waals surface area contributed by atoms with E-state index in [4.69, 9.17) is 5.11 Å². The number of aliphatic hydroxyl groups excluding tert-OH is 1. The van der Waals surface area contributed by atoms with Gasteiger partial charge in [-0.15, -0.1) is 11.3 Å². The second-order valence-electron chi connectivity index (χ2n) is 4.98. The topological polar surface area (TPSA) is 66.4 Å². The van der Waals surface area contributed by atoms with Gasteiger partial charge < -0.3 is 10.4 Å². The molecule has 1 aromatic heterocycles. The molecule has 116 valence electrons. The van der Waals surface area contributed by atoms with Gasteiger partial charge in [0.25, 0.3) is 0 Å². The molecule has 0 saturated carbocycles. The van der Waals surface area contributed by atoms with Crippen molar-refractivity contribution in [2.45, 2.75) is 25.9 Å². The second-order valence-corrected chi connectivity index (χ2v) is 5.92. The van der Waals surface area contributed by atoms with E-state index in [9.17, 15) is 9.59 Å². The zero-order chi connectivity index (χ0) is 15.8. The quantitative estimate of drug-likeness (QED) is 0.735. The largest absolute Gasteiger partial charge is 0.392 e. The lowest BCUT2D eigenvalue weighted by molar-refractivity contribution is -0.121. The first-order valence-electron chi connectivity index (χ1n) is 7.21. The number of thiophene rings is 1. The number of amides is 1. The lowest BCUT2D eigenvalue weighted by Gasteiger charge is -2.05. The molecular weight excluding hydrogens is 298 g/mol. The minimum Gasteiger partial charge on any atom is -0.392 e. The van der Waals surface area contributed by atoms with Crippen LogP contribution in [0.1, 0.15) is 33.6 Å². The molecule has 2 aromatic rings. The molecule has 2 rings (SSSR count). The summed E-state index contributed by atoms with van der Waals surface area (Å²) in [7, 11) is 0. The Kier molecular flexibility index (Phi) is 6.30. The lowest BCUT2D eigenvalue weighted by atomic mass is 10.1. The SMILES string of the molecule is O=C(CCC(=O)c1cccs1)NCCc1ccc(CO)cc1. The van der Waals surface area contributed by atoms with Gasteiger partial charge in [0.1, 0.15) is 0 Å². The molecule has 1 aromatic carbocycles. The van der Waals surface area contributed by atoms with E-state index in [0.717, 1.165) is 17.5 Å². The number of hydrogen-bond donors (Lipinski definition) is 2. The van der Waals surface area contributed by atoms with Crippen molar-refractivity contribution in [3.8, 4) is 0 Å². The number of carbonyl (C=O) groups excluding carboxylic acids is 2. The van der Waals surface area contributed by atoms with Crippen LogP contribution in [-0.4, -0.2) is 23.3 Å². The highest BCUT2D eigenvalue weighted by molar-refractivity contribution is 7.12. The molecule has 0 aliphatic rings. The highest BCUT2D eigenvalue weighted by Gasteiger charge is 2.09. The number of Topliss-reactive ketones (excluding diaryl/α,β-unsaturated/α-hetero) is 1. The fourth-order valence-corrected chi connectivity index (χ4v) is 2.73. The molecule has 22 heavy (non-hydrogen) atoms. The summed E-state index contributed by atoms with van der Waals surface area (Å²) in [4.78, 5) is 24.2. The monoisotopic (exact) mass is 317 g/mol. The van der Waals surface area contributed by atoms with Gasteiger partial charge in [-0.3, -0.25) is 9.59 Å². The molecule has 4 nitrogen and oxygen atoms in total. The fraction of sp³-hybridized carbons (Fsp3) is 0.294. The zero-order valence-corrected chi connectivity index (χ0v) is 13.1. The van der Waals surface area contributed by atoms with E-state index in [0.29, 0.717) is 11.4 Å². The summed E-state index contributed by atoms with van der Waals surface area (Å²) in [5.74, 6) is -0.0818. The zero-order valence-electron chi connectivity index (χ0n) is 12.2. The first-order valence-corrected chi connectivity index (χ1v) is 8.09. The van der Waals surface area contributed by atoms with Crippen molar-refractivity contribution in [2.75, 3.05) is 6.54 Å². The van der Waals surface area contributed by atoms with Gasteiger partial charge in [0.15, 0.2) is 5.78 Å². The van der Waals surface area contributed by atoms with Gasteiger partial charge in [-0.05, 0) is 29.0 Å². The average Bonchev–Trinajstić information content (AvgIpc) is 3.08. The average molecular weight is 317 g/mol. The Balaban J connectivity index is 1.66. The maximum atomic E-state index is 11.8. The maximum absolute atomic E-state index is 11.8. The number of rotatable bonds is 8. The van der Waals surface area contributed by atoms with Crippen LogP contribution in [0.3, 0.4) is 0 Å². The Bertz CT molecular complexity index is 605. The Hall–Kier alpha value is -1.98. The van der Waals surface area contributed by atoms with Crippen molar-refractivity contribution in [2.24, 2.45) is 0 Å². The first-order chi connectivity index (χ1) is 10.7. The second kappa shape index (κ2) is 8.46. The van der Waals surface area contributed by atoms with Crippen LogP contribution in [0.5, 0.6) is 0 Å². The fourth-order valence-electron chi connectivity index (χ4n) is 2.03. The molecule has 5 heteroatoms. The van der Waals surface area contributed by atoms with Crippen LogP contribution in [0.15, 0.2) is 41.8 Å². The maximum Gasteiger partial charge on any atom is 0.220 e. The summed E-state index contributed by atoms with van der Waals surface area (Å²) in [6.07, 6.45) is 1.20. The first kappa shape index (κ1) is 16.4. The van der Waals surface area contributed by atoms with E-state index in [1.807, 2.05) is 35.7 Å². The Morgan fingerprint density at radius 2 is 1.77 bits per heavy atom. The summed E-state index contributed by atoms with van der Waals surface area (Å²) >= 11 is 1.40. The molecule has 0 aliphatic carbocycles. The molecule has 2 N–H and O–H groups in total. The Labute approximate surface area is 133 Å². The number of nitrogens with one attached hydrogen (secondary N) is 1. The standard InChI is InChI=1S/C17H19NO3S/c19-12-14-5-3-13(4-6-14)9-10-18-17(21)8-7-15(20)16-2-1-11-22-16/h1-6,11,19H,7-10,12H2,(H,18,21). The van der Waals surface area contributed by atoms with Gasteiger partial charge in [0, 0.05) is 19.4 Å². The van der Waals surface area contributed by atoms with E-state index in [2.05, 4.69) is 5.32 Å². The summed E-state index contributed by atoms with van der Waals surface area (Å²) in [6.45, 7) is 0.583. The van der Waals surface area contributed by atoms with Crippen LogP contribution < -0.4 is 5.32 Å². The van der Waals surface area contributed by atoms with Crippen LogP contribution in [0.4, 0.5) is 0 Å². The van der Waals surface area contributed by atoms with Gasteiger partial charge in [-0.2, -0.15) is 0 Å². The molecule has 1 amide bonds. The molecular formula is C17H19NO3S. The van der Waals surface area contributed by atoms with Crippen LogP contribution in [-0.2, 0) is 17.8 Å². The molecule has 1 heterocycles. The highest BCUT2D eigenvalue weighted by Crippen LogP contribution is 2.12. The van der Waals surface area contributed by atoms with Crippen molar-refractivity contribution in [3.63, 3.8) is 0 Å². The lowest BCUT2D eigenvalue weighted by Crippen LogP contribution is -2.26. The van der Waals surface area contributed by atoms with Crippen LogP contribution in [0.2, 0.25) is 0 Å². The molecule has 0 bridgehead atoms. The number of hydrogen-bond acceptors (Lipinski definition) is 4. The molecule has 0 aliphatic heterocycles. The van der Waals surface area contributed by atoms with Crippen molar-refractivity contribution in [1.82, 2.24) is 5.32 Å². The normalized spacial score (nSPS) is 10.4. The van der Waals surface area contributed by atoms with Crippen molar-refractivity contribution in [1.29, 1.82) is 0 Å².